The van der Waals surface area contributed by atoms with Gasteiger partial charge >= 0.3 is 6.03 Å². The lowest BCUT2D eigenvalue weighted by molar-refractivity contribution is -0.134. The summed E-state index contributed by atoms with van der Waals surface area (Å²) >= 11 is 0. The summed E-state index contributed by atoms with van der Waals surface area (Å²) in [5, 5.41) is 3.95. The van der Waals surface area contributed by atoms with E-state index in [4.69, 9.17) is 4.74 Å². The number of hydrogen-bond donors (Lipinski definition) is 1. The number of ether oxygens (including phenoxy) is 1. The fourth-order valence-corrected chi connectivity index (χ4v) is 3.61. The normalized spacial score (nSPS) is 18.3. The minimum absolute atomic E-state index is 0.125. The Morgan fingerprint density at radius 3 is 2.46 bits per heavy atom. The Morgan fingerprint density at radius 2 is 1.68 bits per heavy atom. The van der Waals surface area contributed by atoms with Gasteiger partial charge in [-0.05, 0) is 12.1 Å². The predicted octanol–water partition coefficient (Wildman–Crippen LogP) is 1.24. The number of aromatic nitrogens is 1. The van der Waals surface area contributed by atoms with Crippen molar-refractivity contribution in [2.75, 3.05) is 64.3 Å². The third kappa shape index (κ3) is 4.23. The summed E-state index contributed by atoms with van der Waals surface area (Å²) in [6.45, 7) is 5.57. The highest BCUT2D eigenvalue weighted by Gasteiger charge is 2.26. The Balaban J connectivity index is 1.30. The van der Waals surface area contributed by atoms with Crippen LogP contribution in [0.5, 0.6) is 0 Å². The highest BCUT2D eigenvalue weighted by atomic mass is 16.5. The SMILES string of the molecule is O=C(CN1CCOCC1)N1CCN(C(=O)Nc2cccc3cccnc23)CC1. The molecule has 0 saturated carbocycles. The van der Waals surface area contributed by atoms with E-state index in [1.54, 1.807) is 11.1 Å². The molecule has 0 unspecified atom stereocenters. The van der Waals surface area contributed by atoms with Gasteiger partial charge in [0.15, 0.2) is 0 Å². The number of morpholine rings is 1. The largest absolute Gasteiger partial charge is 0.379 e. The van der Waals surface area contributed by atoms with E-state index in [0.717, 1.165) is 24.0 Å². The maximum absolute atomic E-state index is 12.7. The first-order chi connectivity index (χ1) is 13.7. The van der Waals surface area contributed by atoms with Crippen LogP contribution in [0.3, 0.4) is 0 Å². The molecule has 4 rings (SSSR count). The average Bonchev–Trinajstić information content (AvgIpc) is 2.75. The molecule has 1 aromatic carbocycles. The van der Waals surface area contributed by atoms with E-state index in [1.165, 1.54) is 0 Å². The third-order valence-corrected chi connectivity index (χ3v) is 5.26. The van der Waals surface area contributed by atoms with Crippen LogP contribution in [0.4, 0.5) is 10.5 Å². The molecule has 2 aromatic rings. The smallest absolute Gasteiger partial charge is 0.322 e. The topological polar surface area (TPSA) is 78.0 Å². The number of nitrogens with zero attached hydrogens (tertiary/aromatic N) is 4. The van der Waals surface area contributed by atoms with Crippen LogP contribution in [0.15, 0.2) is 36.5 Å². The van der Waals surface area contributed by atoms with Crippen molar-refractivity contribution in [2.24, 2.45) is 0 Å². The monoisotopic (exact) mass is 383 g/mol. The lowest BCUT2D eigenvalue weighted by Gasteiger charge is -2.36. The first kappa shape index (κ1) is 18.6. The molecule has 8 heteroatoms. The van der Waals surface area contributed by atoms with Gasteiger partial charge in [0.2, 0.25) is 5.91 Å². The summed E-state index contributed by atoms with van der Waals surface area (Å²) in [6.07, 6.45) is 1.72. The van der Waals surface area contributed by atoms with Gasteiger partial charge < -0.3 is 19.9 Å². The zero-order chi connectivity index (χ0) is 19.3. The molecule has 2 aliphatic rings. The highest BCUT2D eigenvalue weighted by molar-refractivity contribution is 5.99. The second kappa shape index (κ2) is 8.53. The molecule has 3 heterocycles. The van der Waals surface area contributed by atoms with Gasteiger partial charge in [-0.2, -0.15) is 0 Å². The molecule has 28 heavy (non-hydrogen) atoms. The highest BCUT2D eigenvalue weighted by Crippen LogP contribution is 2.21. The summed E-state index contributed by atoms with van der Waals surface area (Å²) < 4.78 is 5.32. The Bertz CT molecular complexity index is 839. The number of piperazine rings is 1. The zero-order valence-corrected chi connectivity index (χ0v) is 15.8. The number of rotatable bonds is 3. The summed E-state index contributed by atoms with van der Waals surface area (Å²) in [5.41, 5.74) is 1.48. The molecule has 2 fully saturated rings. The molecular weight excluding hydrogens is 358 g/mol. The van der Waals surface area contributed by atoms with Gasteiger partial charge in [0.1, 0.15) is 0 Å². The van der Waals surface area contributed by atoms with E-state index in [9.17, 15) is 9.59 Å². The molecule has 0 radical (unpaired) electrons. The first-order valence-electron chi connectivity index (χ1n) is 9.68. The van der Waals surface area contributed by atoms with Gasteiger partial charge in [-0.25, -0.2) is 4.79 Å². The molecule has 0 spiro atoms. The van der Waals surface area contributed by atoms with E-state index in [-0.39, 0.29) is 11.9 Å². The quantitative estimate of drug-likeness (QED) is 0.863. The van der Waals surface area contributed by atoms with Crippen molar-refractivity contribution >= 4 is 28.5 Å². The number of pyridine rings is 1. The molecule has 1 aromatic heterocycles. The van der Waals surface area contributed by atoms with E-state index in [0.29, 0.717) is 51.6 Å². The van der Waals surface area contributed by atoms with Crippen molar-refractivity contribution < 1.29 is 14.3 Å². The molecule has 1 N–H and O–H groups in total. The number of anilines is 1. The van der Waals surface area contributed by atoms with Gasteiger partial charge in [-0.15, -0.1) is 0 Å². The summed E-state index contributed by atoms with van der Waals surface area (Å²) in [6, 6.07) is 9.42. The lowest BCUT2D eigenvalue weighted by Crippen LogP contribution is -2.54. The van der Waals surface area contributed by atoms with Crippen LogP contribution in [0, 0.1) is 0 Å². The number of carbonyl (C=O) groups excluding carboxylic acids is 2. The molecule has 3 amide bonds. The number of fused-ring (bicyclic) bond motifs is 1. The molecule has 148 valence electrons. The van der Waals surface area contributed by atoms with Crippen LogP contribution >= 0.6 is 0 Å². The van der Waals surface area contributed by atoms with Crippen LogP contribution in [-0.4, -0.2) is 90.6 Å². The maximum atomic E-state index is 12.7. The van der Waals surface area contributed by atoms with Crippen LogP contribution < -0.4 is 5.32 Å². The van der Waals surface area contributed by atoms with Crippen LogP contribution in [0.2, 0.25) is 0 Å². The molecule has 0 bridgehead atoms. The van der Waals surface area contributed by atoms with Gasteiger partial charge in [0, 0.05) is 50.9 Å². The van der Waals surface area contributed by atoms with E-state index in [2.05, 4.69) is 15.2 Å². The minimum atomic E-state index is -0.154. The van der Waals surface area contributed by atoms with E-state index in [1.807, 2.05) is 35.2 Å². The van der Waals surface area contributed by atoms with Crippen molar-refractivity contribution in [1.29, 1.82) is 0 Å². The predicted molar refractivity (Wildman–Crippen MR) is 106 cm³/mol. The van der Waals surface area contributed by atoms with Crippen molar-refractivity contribution in [3.05, 3.63) is 36.5 Å². The van der Waals surface area contributed by atoms with E-state index >= 15 is 0 Å². The van der Waals surface area contributed by atoms with Crippen molar-refractivity contribution in [3.63, 3.8) is 0 Å². The van der Waals surface area contributed by atoms with Crippen molar-refractivity contribution in [2.45, 2.75) is 0 Å². The Hall–Kier alpha value is -2.71. The number of amides is 3. The molecule has 2 saturated heterocycles. The third-order valence-electron chi connectivity index (χ3n) is 5.26. The number of para-hydroxylation sites is 1. The van der Waals surface area contributed by atoms with Crippen LogP contribution in [0.25, 0.3) is 10.9 Å². The number of carbonyl (C=O) groups is 2. The first-order valence-corrected chi connectivity index (χ1v) is 9.68. The van der Waals surface area contributed by atoms with Gasteiger partial charge in [0.25, 0.3) is 0 Å². The van der Waals surface area contributed by atoms with Crippen molar-refractivity contribution in [1.82, 2.24) is 19.7 Å². The molecule has 2 aliphatic heterocycles. The van der Waals surface area contributed by atoms with Crippen molar-refractivity contribution in [3.8, 4) is 0 Å². The standard InChI is InChI=1S/C20H25N5O3/c26-18(15-23-11-13-28-14-12-23)24-7-9-25(10-8-24)20(27)22-17-5-1-3-16-4-2-6-21-19(16)17/h1-6H,7-15H2,(H,22,27). The average molecular weight is 383 g/mol. The minimum Gasteiger partial charge on any atom is -0.379 e. The Morgan fingerprint density at radius 1 is 0.964 bits per heavy atom. The second-order valence-corrected chi connectivity index (χ2v) is 7.07. The summed E-state index contributed by atoms with van der Waals surface area (Å²) in [5.74, 6) is 0.125. The van der Waals surface area contributed by atoms with Gasteiger partial charge in [-0.1, -0.05) is 18.2 Å². The fraction of sp³-hybridized carbons (Fsp3) is 0.450. The zero-order valence-electron chi connectivity index (χ0n) is 15.8. The van der Waals surface area contributed by atoms with E-state index < -0.39 is 0 Å². The lowest BCUT2D eigenvalue weighted by atomic mass is 10.2. The number of hydrogen-bond acceptors (Lipinski definition) is 5. The van der Waals surface area contributed by atoms with Gasteiger partial charge in [0.05, 0.1) is 31.0 Å². The van der Waals surface area contributed by atoms with Crippen LogP contribution in [0.1, 0.15) is 0 Å². The second-order valence-electron chi connectivity index (χ2n) is 7.07. The maximum Gasteiger partial charge on any atom is 0.322 e. The number of nitrogens with one attached hydrogen (secondary N) is 1. The molecular formula is C20H25N5O3. The van der Waals surface area contributed by atoms with Gasteiger partial charge in [-0.3, -0.25) is 14.7 Å². The van der Waals surface area contributed by atoms with Crippen LogP contribution in [-0.2, 0) is 9.53 Å². The summed E-state index contributed by atoms with van der Waals surface area (Å²) in [7, 11) is 0. The molecule has 0 aliphatic carbocycles. The Kier molecular flexibility index (Phi) is 5.68. The Labute approximate surface area is 164 Å². The molecule has 8 nitrogen and oxygen atoms in total. The number of urea groups is 1. The summed E-state index contributed by atoms with van der Waals surface area (Å²) in [4.78, 5) is 35.3. The molecule has 0 atom stereocenters. The fourth-order valence-electron chi connectivity index (χ4n) is 3.61. The number of benzene rings is 1.